The molecule has 3 aliphatic rings. The lowest BCUT2D eigenvalue weighted by Gasteiger charge is -2.41. The van der Waals surface area contributed by atoms with Crippen molar-refractivity contribution in [2.75, 3.05) is 26.2 Å². The first-order chi connectivity index (χ1) is 14.4. The van der Waals surface area contributed by atoms with Crippen LogP contribution in [0.5, 0.6) is 0 Å². The number of hydrogen-bond donors (Lipinski definition) is 1. The first-order valence-electron chi connectivity index (χ1n) is 11.3. The maximum Gasteiger partial charge on any atom is 0.328 e. The van der Waals surface area contributed by atoms with Gasteiger partial charge in [0.15, 0.2) is 0 Å². The number of nitrogens with one attached hydrogen (secondary N) is 1. The zero-order valence-corrected chi connectivity index (χ0v) is 17.8. The fourth-order valence-corrected chi connectivity index (χ4v) is 5.45. The monoisotopic (exact) mass is 416 g/mol. The number of carbonyl (C=O) groups is 2. The van der Waals surface area contributed by atoms with Crippen LogP contribution in [0.25, 0.3) is 0 Å². The Kier molecular flexibility index (Phi) is 5.84. The van der Waals surface area contributed by atoms with Gasteiger partial charge in [-0.25, -0.2) is 4.79 Å². The number of rotatable bonds is 4. The highest BCUT2D eigenvalue weighted by molar-refractivity contribution is 5.86. The van der Waals surface area contributed by atoms with Crippen molar-refractivity contribution in [1.29, 1.82) is 0 Å². The highest BCUT2D eigenvalue weighted by atomic mass is 16.2. The highest BCUT2D eigenvalue weighted by Crippen LogP contribution is 2.41. The second kappa shape index (κ2) is 8.40. The summed E-state index contributed by atoms with van der Waals surface area (Å²) >= 11 is 0. The molecule has 30 heavy (non-hydrogen) atoms. The summed E-state index contributed by atoms with van der Waals surface area (Å²) in [6, 6.07) is 0. The zero-order valence-electron chi connectivity index (χ0n) is 17.8. The molecule has 1 aliphatic carbocycles. The Balaban J connectivity index is 1.41. The van der Waals surface area contributed by atoms with Gasteiger partial charge in [0.05, 0.1) is 5.41 Å². The third-order valence-corrected chi connectivity index (χ3v) is 7.23. The molecule has 1 aromatic rings. The van der Waals surface area contributed by atoms with Gasteiger partial charge in [-0.3, -0.25) is 23.9 Å². The Morgan fingerprint density at radius 1 is 1.10 bits per heavy atom. The van der Waals surface area contributed by atoms with Crippen LogP contribution in [-0.4, -0.2) is 57.3 Å². The van der Waals surface area contributed by atoms with Crippen molar-refractivity contribution in [2.45, 2.75) is 64.8 Å². The molecule has 1 N–H and O–H groups in total. The normalized spacial score (nSPS) is 25.3. The van der Waals surface area contributed by atoms with Crippen LogP contribution < -0.4 is 11.2 Å². The van der Waals surface area contributed by atoms with Crippen LogP contribution in [-0.2, 0) is 16.1 Å². The van der Waals surface area contributed by atoms with Crippen LogP contribution in [0.15, 0.2) is 15.8 Å². The minimum Gasteiger partial charge on any atom is -0.342 e. The lowest BCUT2D eigenvalue weighted by Crippen LogP contribution is -2.52. The highest BCUT2D eigenvalue weighted by Gasteiger charge is 2.49. The van der Waals surface area contributed by atoms with Crippen molar-refractivity contribution in [1.82, 2.24) is 19.4 Å². The van der Waals surface area contributed by atoms with Gasteiger partial charge >= 0.3 is 5.69 Å². The minimum atomic E-state index is -0.583. The Labute approximate surface area is 176 Å². The molecule has 2 aliphatic heterocycles. The summed E-state index contributed by atoms with van der Waals surface area (Å²) < 4.78 is 1.24. The smallest absolute Gasteiger partial charge is 0.328 e. The Bertz CT molecular complexity index is 930. The lowest BCUT2D eigenvalue weighted by atomic mass is 9.77. The van der Waals surface area contributed by atoms with Gasteiger partial charge in [-0.2, -0.15) is 0 Å². The number of amides is 2. The number of aryl methyl sites for hydroxylation is 1. The van der Waals surface area contributed by atoms with Gasteiger partial charge in [-0.05, 0) is 44.9 Å². The van der Waals surface area contributed by atoms with Crippen molar-refractivity contribution in [2.24, 2.45) is 11.3 Å². The molecule has 3 heterocycles. The van der Waals surface area contributed by atoms with E-state index in [0.717, 1.165) is 25.9 Å². The molecule has 1 spiro atoms. The van der Waals surface area contributed by atoms with Crippen LogP contribution in [0.2, 0.25) is 0 Å². The van der Waals surface area contributed by atoms with Crippen LogP contribution in [0.4, 0.5) is 0 Å². The number of aromatic nitrogens is 2. The molecule has 0 unspecified atom stereocenters. The van der Waals surface area contributed by atoms with E-state index in [-0.39, 0.29) is 18.4 Å². The fraction of sp³-hybridized carbons (Fsp3) is 0.727. The van der Waals surface area contributed by atoms with E-state index in [4.69, 9.17) is 0 Å². The largest absolute Gasteiger partial charge is 0.342 e. The Morgan fingerprint density at radius 2 is 1.87 bits per heavy atom. The second-order valence-electron chi connectivity index (χ2n) is 9.40. The van der Waals surface area contributed by atoms with Crippen molar-refractivity contribution in [3.8, 4) is 0 Å². The third kappa shape index (κ3) is 4.09. The SMILES string of the molecule is Cc1cn(CC(=O)N2CC[C@@]3(CCCN(CC4CCCCC4)C3=O)C2)c(=O)[nH]c1=O. The van der Waals surface area contributed by atoms with Gasteiger partial charge in [0.1, 0.15) is 6.54 Å². The molecule has 1 saturated carbocycles. The van der Waals surface area contributed by atoms with Gasteiger partial charge in [0.25, 0.3) is 5.56 Å². The van der Waals surface area contributed by atoms with Crippen molar-refractivity contribution < 1.29 is 9.59 Å². The molecule has 164 valence electrons. The number of piperidine rings is 1. The Hall–Kier alpha value is -2.38. The summed E-state index contributed by atoms with van der Waals surface area (Å²) in [5, 5.41) is 0. The van der Waals surface area contributed by atoms with E-state index in [9.17, 15) is 19.2 Å². The summed E-state index contributed by atoms with van der Waals surface area (Å²) in [5.41, 5.74) is -1.09. The van der Waals surface area contributed by atoms with Crippen LogP contribution >= 0.6 is 0 Å². The molecule has 1 aromatic heterocycles. The lowest BCUT2D eigenvalue weighted by molar-refractivity contribution is -0.147. The molecular weight excluding hydrogens is 384 g/mol. The van der Waals surface area contributed by atoms with E-state index >= 15 is 0 Å². The average Bonchev–Trinajstić information content (AvgIpc) is 3.16. The quantitative estimate of drug-likeness (QED) is 0.800. The minimum absolute atomic E-state index is 0.119. The van der Waals surface area contributed by atoms with Crippen molar-refractivity contribution in [3.05, 3.63) is 32.6 Å². The second-order valence-corrected chi connectivity index (χ2v) is 9.40. The fourth-order valence-electron chi connectivity index (χ4n) is 5.45. The predicted octanol–water partition coefficient (Wildman–Crippen LogP) is 1.27. The van der Waals surface area contributed by atoms with Gasteiger partial charge < -0.3 is 9.80 Å². The zero-order chi connectivity index (χ0) is 21.3. The van der Waals surface area contributed by atoms with E-state index in [1.54, 1.807) is 11.8 Å². The standard InChI is InChI=1S/C22H32N4O4/c1-16-12-26(21(30)23-19(16)28)14-18(27)25-11-9-22(15-25)8-5-10-24(20(22)29)13-17-6-3-2-4-7-17/h12,17H,2-11,13-15H2,1H3,(H,23,28,30)/t22-/m0/s1. The molecule has 4 rings (SSSR count). The van der Waals surface area contributed by atoms with Gasteiger partial charge in [-0.15, -0.1) is 0 Å². The number of aromatic amines is 1. The van der Waals surface area contributed by atoms with Crippen LogP contribution in [0, 0.1) is 18.3 Å². The topological polar surface area (TPSA) is 95.5 Å². The van der Waals surface area contributed by atoms with Gasteiger partial charge in [0.2, 0.25) is 11.8 Å². The van der Waals surface area contributed by atoms with E-state index in [2.05, 4.69) is 9.88 Å². The molecule has 0 bridgehead atoms. The van der Waals surface area contributed by atoms with Crippen LogP contribution in [0.1, 0.15) is 56.9 Å². The molecule has 1 atom stereocenters. The molecule has 0 aromatic carbocycles. The van der Waals surface area contributed by atoms with E-state index < -0.39 is 16.7 Å². The number of carbonyl (C=O) groups excluding carboxylic acids is 2. The summed E-state index contributed by atoms with van der Waals surface area (Å²) in [6.07, 6.45) is 10.2. The molecule has 3 fully saturated rings. The number of H-pyrrole nitrogens is 1. The third-order valence-electron chi connectivity index (χ3n) is 7.23. The first kappa shape index (κ1) is 20.9. The number of likely N-dealkylation sites (tertiary alicyclic amines) is 2. The summed E-state index contributed by atoms with van der Waals surface area (Å²) in [4.78, 5) is 55.8. The number of nitrogens with zero attached hydrogens (tertiary/aromatic N) is 3. The van der Waals surface area contributed by atoms with E-state index in [1.165, 1.54) is 42.9 Å². The van der Waals surface area contributed by atoms with E-state index in [1.807, 2.05) is 0 Å². The summed E-state index contributed by atoms with van der Waals surface area (Å²) in [5.74, 6) is 0.650. The molecule has 8 nitrogen and oxygen atoms in total. The van der Waals surface area contributed by atoms with Crippen molar-refractivity contribution >= 4 is 11.8 Å². The first-order valence-corrected chi connectivity index (χ1v) is 11.3. The maximum atomic E-state index is 13.4. The number of hydrogen-bond acceptors (Lipinski definition) is 4. The molecule has 2 amide bonds. The summed E-state index contributed by atoms with van der Waals surface area (Å²) in [7, 11) is 0. The molecule has 8 heteroatoms. The predicted molar refractivity (Wildman–Crippen MR) is 112 cm³/mol. The van der Waals surface area contributed by atoms with Crippen molar-refractivity contribution in [3.63, 3.8) is 0 Å². The maximum absolute atomic E-state index is 13.4. The van der Waals surface area contributed by atoms with E-state index in [0.29, 0.717) is 31.0 Å². The molecule has 0 radical (unpaired) electrons. The molecule has 2 saturated heterocycles. The average molecular weight is 417 g/mol. The van der Waals surface area contributed by atoms with Crippen LogP contribution in [0.3, 0.4) is 0 Å². The van der Waals surface area contributed by atoms with Gasteiger partial charge in [0, 0.05) is 37.9 Å². The summed E-state index contributed by atoms with van der Waals surface area (Å²) in [6.45, 7) is 4.15. The Morgan fingerprint density at radius 3 is 2.63 bits per heavy atom. The molecular formula is C22H32N4O4. The van der Waals surface area contributed by atoms with Gasteiger partial charge in [-0.1, -0.05) is 19.3 Å².